The molecule has 1 rings (SSSR count). The summed E-state index contributed by atoms with van der Waals surface area (Å²) in [5.74, 6) is -0.160. The zero-order valence-corrected chi connectivity index (χ0v) is 11.5. The summed E-state index contributed by atoms with van der Waals surface area (Å²) in [4.78, 5) is 11.7. The summed E-state index contributed by atoms with van der Waals surface area (Å²) in [5.41, 5.74) is 6.42. The number of rotatable bonds is 8. The van der Waals surface area contributed by atoms with Crippen molar-refractivity contribution in [3.8, 4) is 0 Å². The minimum Gasteiger partial charge on any atom is -0.353 e. The third-order valence-electron chi connectivity index (χ3n) is 2.97. The number of hydrogen-bond donors (Lipinski definition) is 2. The molecule has 0 radical (unpaired) electrons. The molecule has 0 saturated heterocycles. The Morgan fingerprint density at radius 2 is 1.95 bits per heavy atom. The number of benzene rings is 1. The lowest BCUT2D eigenvalue weighted by Gasteiger charge is -2.14. The maximum absolute atomic E-state index is 12.8. The molecule has 3 N–H and O–H groups in total. The smallest absolute Gasteiger partial charge is 0.220 e. The van der Waals surface area contributed by atoms with Crippen molar-refractivity contribution in [2.24, 2.45) is 5.73 Å². The highest BCUT2D eigenvalue weighted by atomic mass is 19.1. The number of nitrogens with two attached hydrogens (primary N) is 1. The highest BCUT2D eigenvalue weighted by Gasteiger charge is 2.08. The second-order valence-electron chi connectivity index (χ2n) is 4.90. The van der Waals surface area contributed by atoms with Crippen LogP contribution in [0.2, 0.25) is 0 Å². The molecule has 1 amide bonds. The number of carbonyl (C=O) groups excluding carboxylic acids is 1. The fourth-order valence-corrected chi connectivity index (χ4v) is 1.98. The van der Waals surface area contributed by atoms with Crippen molar-refractivity contribution in [1.82, 2.24) is 5.32 Å². The number of halogens is 1. The first-order valence-corrected chi connectivity index (χ1v) is 6.85. The van der Waals surface area contributed by atoms with E-state index in [0.29, 0.717) is 13.0 Å². The van der Waals surface area contributed by atoms with E-state index in [-0.39, 0.29) is 17.8 Å². The van der Waals surface area contributed by atoms with Crippen LogP contribution in [0, 0.1) is 5.82 Å². The van der Waals surface area contributed by atoms with Crippen LogP contribution in [0.4, 0.5) is 4.39 Å². The Labute approximate surface area is 114 Å². The second kappa shape index (κ2) is 8.64. The van der Waals surface area contributed by atoms with E-state index in [4.69, 9.17) is 5.73 Å². The van der Waals surface area contributed by atoms with Crippen LogP contribution in [0.1, 0.15) is 38.2 Å². The summed E-state index contributed by atoms with van der Waals surface area (Å²) in [5, 5.41) is 2.96. The summed E-state index contributed by atoms with van der Waals surface area (Å²) in [7, 11) is 0. The Balaban J connectivity index is 2.24. The quantitative estimate of drug-likeness (QED) is 0.710. The number of unbranched alkanes of at least 4 members (excludes halogenated alkanes) is 2. The molecular weight excluding hydrogens is 243 g/mol. The van der Waals surface area contributed by atoms with E-state index >= 15 is 0 Å². The number of amides is 1. The van der Waals surface area contributed by atoms with Crippen molar-refractivity contribution >= 4 is 5.91 Å². The summed E-state index contributed by atoms with van der Waals surface area (Å²) in [6, 6.07) is 6.44. The van der Waals surface area contributed by atoms with Gasteiger partial charge in [-0.2, -0.15) is 0 Å². The molecule has 0 bridgehead atoms. The van der Waals surface area contributed by atoms with Gasteiger partial charge in [-0.25, -0.2) is 4.39 Å². The van der Waals surface area contributed by atoms with Crippen LogP contribution in [0.3, 0.4) is 0 Å². The Hall–Kier alpha value is -1.42. The van der Waals surface area contributed by atoms with Crippen LogP contribution in [-0.2, 0) is 11.2 Å². The monoisotopic (exact) mass is 266 g/mol. The maximum atomic E-state index is 12.8. The van der Waals surface area contributed by atoms with E-state index in [1.54, 1.807) is 12.1 Å². The summed E-state index contributed by atoms with van der Waals surface area (Å²) in [6.07, 6.45) is 4.11. The second-order valence-corrected chi connectivity index (χ2v) is 4.90. The number of hydrogen-bond acceptors (Lipinski definition) is 2. The molecule has 1 unspecified atom stereocenters. The molecule has 3 nitrogen and oxygen atoms in total. The van der Waals surface area contributed by atoms with Gasteiger partial charge in [-0.05, 0) is 50.4 Å². The topological polar surface area (TPSA) is 55.1 Å². The molecule has 0 aliphatic rings. The molecule has 1 atom stereocenters. The van der Waals surface area contributed by atoms with Gasteiger partial charge in [-0.1, -0.05) is 18.6 Å². The summed E-state index contributed by atoms with van der Waals surface area (Å²) in [6.45, 7) is 2.64. The lowest BCUT2D eigenvalue weighted by molar-refractivity contribution is -0.121. The molecular formula is C15H23FN2O. The molecule has 0 spiro atoms. The van der Waals surface area contributed by atoms with E-state index in [1.807, 2.05) is 6.92 Å². The first-order valence-electron chi connectivity index (χ1n) is 6.85. The standard InChI is InChI=1S/C15H23FN2O/c1-12(11-13-6-8-14(16)9-7-13)18-15(19)5-3-2-4-10-17/h6-9,12H,2-5,10-11,17H2,1H3,(H,18,19). The summed E-state index contributed by atoms with van der Waals surface area (Å²) < 4.78 is 12.8. The van der Waals surface area contributed by atoms with Crippen LogP contribution in [0.25, 0.3) is 0 Å². The molecule has 0 saturated carbocycles. The molecule has 1 aromatic carbocycles. The van der Waals surface area contributed by atoms with Crippen molar-refractivity contribution in [3.63, 3.8) is 0 Å². The Morgan fingerprint density at radius 3 is 2.58 bits per heavy atom. The minimum absolute atomic E-state index is 0.0625. The molecule has 0 fully saturated rings. The third kappa shape index (κ3) is 6.91. The zero-order valence-electron chi connectivity index (χ0n) is 11.5. The number of nitrogens with one attached hydrogen (secondary N) is 1. The molecule has 0 aliphatic carbocycles. The van der Waals surface area contributed by atoms with Gasteiger partial charge in [0, 0.05) is 12.5 Å². The molecule has 0 aliphatic heterocycles. The van der Waals surface area contributed by atoms with E-state index in [9.17, 15) is 9.18 Å². The highest BCUT2D eigenvalue weighted by molar-refractivity contribution is 5.76. The van der Waals surface area contributed by atoms with Crippen LogP contribution in [0.15, 0.2) is 24.3 Å². The molecule has 0 aromatic heterocycles. The predicted octanol–water partition coefficient (Wildman–Crippen LogP) is 2.39. The van der Waals surface area contributed by atoms with Gasteiger partial charge in [0.2, 0.25) is 5.91 Å². The third-order valence-corrected chi connectivity index (χ3v) is 2.97. The van der Waals surface area contributed by atoms with Gasteiger partial charge >= 0.3 is 0 Å². The van der Waals surface area contributed by atoms with Gasteiger partial charge in [0.25, 0.3) is 0 Å². The predicted molar refractivity (Wildman–Crippen MR) is 75.2 cm³/mol. The van der Waals surface area contributed by atoms with Crippen molar-refractivity contribution in [2.75, 3.05) is 6.54 Å². The van der Waals surface area contributed by atoms with Crippen LogP contribution in [-0.4, -0.2) is 18.5 Å². The highest BCUT2D eigenvalue weighted by Crippen LogP contribution is 2.06. The van der Waals surface area contributed by atoms with Gasteiger partial charge in [0.15, 0.2) is 0 Å². The van der Waals surface area contributed by atoms with Crippen molar-refractivity contribution in [1.29, 1.82) is 0 Å². The largest absolute Gasteiger partial charge is 0.353 e. The van der Waals surface area contributed by atoms with Crippen molar-refractivity contribution in [2.45, 2.75) is 45.1 Å². The average molecular weight is 266 g/mol. The van der Waals surface area contributed by atoms with Crippen LogP contribution in [0.5, 0.6) is 0 Å². The van der Waals surface area contributed by atoms with Crippen LogP contribution >= 0.6 is 0 Å². The normalized spacial score (nSPS) is 12.2. The maximum Gasteiger partial charge on any atom is 0.220 e. The van der Waals surface area contributed by atoms with Crippen molar-refractivity contribution < 1.29 is 9.18 Å². The first-order chi connectivity index (χ1) is 9.11. The Kier molecular flexibility index (Phi) is 7.11. The fourth-order valence-electron chi connectivity index (χ4n) is 1.98. The molecule has 106 valence electrons. The fraction of sp³-hybridized carbons (Fsp3) is 0.533. The molecule has 0 heterocycles. The van der Waals surface area contributed by atoms with E-state index in [2.05, 4.69) is 5.32 Å². The SMILES string of the molecule is CC(Cc1ccc(F)cc1)NC(=O)CCCCCN. The van der Waals surface area contributed by atoms with Gasteiger partial charge in [-0.3, -0.25) is 4.79 Å². The lowest BCUT2D eigenvalue weighted by Crippen LogP contribution is -2.33. The summed E-state index contributed by atoms with van der Waals surface area (Å²) >= 11 is 0. The Morgan fingerprint density at radius 1 is 1.26 bits per heavy atom. The first kappa shape index (κ1) is 15.6. The Bertz CT molecular complexity index is 378. The lowest BCUT2D eigenvalue weighted by atomic mass is 10.1. The number of carbonyl (C=O) groups is 1. The molecule has 4 heteroatoms. The zero-order chi connectivity index (χ0) is 14.1. The molecule has 1 aromatic rings. The van der Waals surface area contributed by atoms with Crippen LogP contribution < -0.4 is 11.1 Å². The van der Waals surface area contributed by atoms with Gasteiger partial charge in [0.1, 0.15) is 5.82 Å². The molecule has 19 heavy (non-hydrogen) atoms. The van der Waals surface area contributed by atoms with E-state index in [1.165, 1.54) is 12.1 Å². The van der Waals surface area contributed by atoms with E-state index in [0.717, 1.165) is 31.2 Å². The average Bonchev–Trinajstić information content (AvgIpc) is 2.37. The van der Waals surface area contributed by atoms with E-state index < -0.39 is 0 Å². The van der Waals surface area contributed by atoms with Crippen molar-refractivity contribution in [3.05, 3.63) is 35.6 Å². The van der Waals surface area contributed by atoms with Gasteiger partial charge in [0.05, 0.1) is 0 Å². The van der Waals surface area contributed by atoms with Gasteiger partial charge in [-0.15, -0.1) is 0 Å². The van der Waals surface area contributed by atoms with Gasteiger partial charge < -0.3 is 11.1 Å². The minimum atomic E-state index is -0.236.